The predicted molar refractivity (Wildman–Crippen MR) is 222 cm³/mol. The normalized spacial score (nSPS) is 24.1. The van der Waals surface area contributed by atoms with E-state index in [-0.39, 0.29) is 32.1 Å². The largest absolute Gasteiger partial charge is 0.495 e. The molecule has 0 amide bonds. The van der Waals surface area contributed by atoms with E-state index in [9.17, 15) is 24.9 Å². The number of ether oxygens (including phenoxy) is 4. The first kappa shape index (κ1) is 46.9. The number of nitriles is 1. The van der Waals surface area contributed by atoms with Crippen molar-refractivity contribution in [3.8, 4) is 11.8 Å². The highest BCUT2D eigenvalue weighted by atomic mass is 31.2. The molecule has 1 saturated heterocycles. The van der Waals surface area contributed by atoms with Crippen LogP contribution in [0.4, 0.5) is 5.82 Å². The van der Waals surface area contributed by atoms with Crippen molar-refractivity contribution >= 4 is 19.2 Å². The third-order valence-corrected chi connectivity index (χ3v) is 12.6. The van der Waals surface area contributed by atoms with E-state index in [0.717, 1.165) is 19.3 Å². The first-order chi connectivity index (χ1) is 28.5. The Bertz CT molecular complexity index is 1840. The quantitative estimate of drug-likeness (QED) is 0.0390. The Hall–Kier alpha value is -3.16. The first-order valence-electron chi connectivity index (χ1n) is 21.5. The van der Waals surface area contributed by atoms with Crippen molar-refractivity contribution in [3.05, 3.63) is 53.5 Å². The van der Waals surface area contributed by atoms with Crippen molar-refractivity contribution in [3.63, 3.8) is 0 Å². The molecule has 1 aliphatic carbocycles. The van der Waals surface area contributed by atoms with Crippen LogP contribution in [0.15, 0.2) is 36.7 Å². The number of nitrogens with zero attached hydrogens (tertiary/aromatic N) is 4. The Kier molecular flexibility index (Phi) is 18.0. The van der Waals surface area contributed by atoms with Gasteiger partial charge in [-0.25, -0.2) is 14.1 Å². The summed E-state index contributed by atoms with van der Waals surface area (Å²) in [7, 11) is -3.23. The van der Waals surface area contributed by atoms with Crippen LogP contribution in [-0.4, -0.2) is 86.7 Å². The van der Waals surface area contributed by atoms with Crippen LogP contribution >= 0.6 is 7.82 Å². The van der Waals surface area contributed by atoms with Gasteiger partial charge in [-0.05, 0) is 43.2 Å². The van der Waals surface area contributed by atoms with Crippen LogP contribution in [0.3, 0.4) is 0 Å². The number of hydrogen-bond donors (Lipinski definition) is 4. The van der Waals surface area contributed by atoms with E-state index in [1.165, 1.54) is 101 Å². The van der Waals surface area contributed by atoms with Crippen molar-refractivity contribution in [2.45, 2.75) is 165 Å². The van der Waals surface area contributed by atoms with Gasteiger partial charge in [0, 0.05) is 13.0 Å². The highest BCUT2D eigenvalue weighted by Crippen LogP contribution is 2.62. The number of phosphoric ester groups is 1. The average Bonchev–Trinajstić information content (AvgIpc) is 3.60. The van der Waals surface area contributed by atoms with Gasteiger partial charge in [0.15, 0.2) is 5.82 Å². The molecule has 328 valence electrons. The van der Waals surface area contributed by atoms with E-state index < -0.39 is 43.4 Å². The van der Waals surface area contributed by atoms with Gasteiger partial charge >= 0.3 is 7.82 Å². The fourth-order valence-electron chi connectivity index (χ4n) is 8.02. The van der Waals surface area contributed by atoms with Crippen LogP contribution < -0.4 is 10.5 Å². The number of phosphoric acid groups is 1. The van der Waals surface area contributed by atoms with E-state index in [2.05, 4.69) is 23.1 Å². The van der Waals surface area contributed by atoms with E-state index >= 15 is 0 Å². The second kappa shape index (κ2) is 22.6. The van der Waals surface area contributed by atoms with Crippen molar-refractivity contribution in [2.24, 2.45) is 0 Å². The summed E-state index contributed by atoms with van der Waals surface area (Å²) in [6.45, 7) is 4.21. The second-order valence-corrected chi connectivity index (χ2v) is 17.6. The number of unbranched alkanes of at least 4 members (excludes halogenated alkanes) is 15. The number of aliphatic hydroxyl groups is 2. The fourth-order valence-corrected chi connectivity index (χ4v) is 9.01. The van der Waals surface area contributed by atoms with E-state index in [4.69, 9.17) is 33.7 Å². The number of nitrogen functional groups attached to an aromatic ring is 1. The van der Waals surface area contributed by atoms with E-state index in [1.807, 2.05) is 0 Å². The van der Waals surface area contributed by atoms with Crippen molar-refractivity contribution < 1.29 is 47.7 Å². The number of fused-ring (bicyclic) bond motifs is 1. The Labute approximate surface area is 349 Å². The minimum atomic E-state index is -4.72. The SMILES string of the molecule is CCCCCCCCCCCCCCCCCCOC[C@H](COP(=O)(O)O[C@@H]1C[C@@]12O[C@@](C)(c1ccc3c(N)ncnn13)[C@H](O)[C@@H]2O)OCc1ccc(OC)c(C#N)c1. The van der Waals surface area contributed by atoms with E-state index in [0.29, 0.717) is 34.7 Å². The maximum absolute atomic E-state index is 13.3. The number of benzene rings is 1. The van der Waals surface area contributed by atoms with Gasteiger partial charge in [-0.1, -0.05) is 109 Å². The number of nitrogens with two attached hydrogens (primary N) is 1. The van der Waals surface area contributed by atoms with Crippen LogP contribution in [0.25, 0.3) is 5.52 Å². The summed E-state index contributed by atoms with van der Waals surface area (Å²) in [5, 5.41) is 36.1. The van der Waals surface area contributed by atoms with Gasteiger partial charge in [0.05, 0.1) is 38.2 Å². The zero-order valence-electron chi connectivity index (χ0n) is 35.1. The van der Waals surface area contributed by atoms with E-state index in [1.54, 1.807) is 37.3 Å². The van der Waals surface area contributed by atoms with Crippen molar-refractivity contribution in [2.75, 3.05) is 32.7 Å². The van der Waals surface area contributed by atoms with Gasteiger partial charge in [0.2, 0.25) is 0 Å². The van der Waals surface area contributed by atoms with Gasteiger partial charge in [-0.15, -0.1) is 0 Å². The molecule has 59 heavy (non-hydrogen) atoms. The molecule has 1 unspecified atom stereocenters. The van der Waals surface area contributed by atoms with Gasteiger partial charge in [0.1, 0.15) is 59.3 Å². The molecule has 16 heteroatoms. The molecule has 0 radical (unpaired) electrons. The standard InChI is InChI=1S/C43H66N5O10P/c1-4-5-6-7-8-9-10-11-12-13-14-15-16-17-18-19-24-54-29-34(55-28-32-20-22-36(53-3)33(25-32)27-44)30-56-59(51,52)57-38-26-43(38)40(50)39(49)42(2,58-43)37-23-21-35-41(45)46-31-47-48(35)37/h20-23,25,31,34,38-40,49-50H,4-19,24,26,28-30H2,1-3H3,(H,51,52)(H2,45,46,47)/t34-,38-,39-,40+,42+,43-/m1/s1. The van der Waals surface area contributed by atoms with Crippen LogP contribution in [0.1, 0.15) is 140 Å². The minimum absolute atomic E-state index is 0.0379. The monoisotopic (exact) mass is 843 g/mol. The summed E-state index contributed by atoms with van der Waals surface area (Å²) in [5.74, 6) is 0.673. The smallest absolute Gasteiger partial charge is 0.472 e. The molecule has 1 spiro atoms. The zero-order valence-corrected chi connectivity index (χ0v) is 36.0. The summed E-state index contributed by atoms with van der Waals surface area (Å²) in [4.78, 5) is 14.8. The molecule has 0 bridgehead atoms. The lowest BCUT2D eigenvalue weighted by Gasteiger charge is -2.27. The second-order valence-electron chi connectivity index (χ2n) is 16.2. The molecule has 15 nitrogen and oxygen atoms in total. The highest BCUT2D eigenvalue weighted by Gasteiger charge is 2.74. The molecule has 2 aromatic heterocycles. The number of rotatable bonds is 29. The summed E-state index contributed by atoms with van der Waals surface area (Å²) in [6, 6.07) is 10.6. The third kappa shape index (κ3) is 12.7. The van der Waals surface area contributed by atoms with Crippen molar-refractivity contribution in [1.29, 1.82) is 5.26 Å². The summed E-state index contributed by atoms with van der Waals surface area (Å²) < 4.78 is 49.3. The molecule has 2 aliphatic rings. The number of hydrogen-bond acceptors (Lipinski definition) is 13. The number of aromatic nitrogens is 3. The minimum Gasteiger partial charge on any atom is -0.495 e. The fraction of sp³-hybridized carbons (Fsp3) is 0.698. The summed E-state index contributed by atoms with van der Waals surface area (Å²) in [6.07, 6.45) is 17.1. The van der Waals surface area contributed by atoms with Crippen LogP contribution in [-0.2, 0) is 40.0 Å². The zero-order chi connectivity index (χ0) is 42.3. The Balaban J connectivity index is 1.05. The van der Waals surface area contributed by atoms with Gasteiger partial charge < -0.3 is 39.8 Å². The van der Waals surface area contributed by atoms with Crippen molar-refractivity contribution in [1.82, 2.24) is 14.6 Å². The Morgan fingerprint density at radius 1 is 0.966 bits per heavy atom. The number of anilines is 1. The molecule has 3 aromatic rings. The lowest BCUT2D eigenvalue weighted by molar-refractivity contribution is -0.0995. The van der Waals surface area contributed by atoms with Crippen LogP contribution in [0, 0.1) is 11.3 Å². The van der Waals surface area contributed by atoms with Crippen LogP contribution in [0.2, 0.25) is 0 Å². The topological polar surface area (TPSA) is 213 Å². The third-order valence-electron chi connectivity index (χ3n) is 11.6. The lowest BCUT2D eigenvalue weighted by atomic mass is 9.93. The molecule has 7 atom stereocenters. The maximum Gasteiger partial charge on any atom is 0.472 e. The molecule has 2 fully saturated rings. The molecule has 1 aliphatic heterocycles. The van der Waals surface area contributed by atoms with Gasteiger partial charge in [-0.2, -0.15) is 10.4 Å². The molecule has 5 rings (SSSR count). The average molecular weight is 844 g/mol. The van der Waals surface area contributed by atoms with Gasteiger partial charge in [-0.3, -0.25) is 9.05 Å². The lowest BCUT2D eigenvalue weighted by Crippen LogP contribution is -2.40. The molecule has 3 heterocycles. The molecule has 1 aromatic carbocycles. The highest BCUT2D eigenvalue weighted by molar-refractivity contribution is 7.47. The van der Waals surface area contributed by atoms with Gasteiger partial charge in [0.25, 0.3) is 0 Å². The molecular formula is C43H66N5O10P. The predicted octanol–water partition coefficient (Wildman–Crippen LogP) is 7.67. The summed E-state index contributed by atoms with van der Waals surface area (Å²) in [5.41, 5.74) is 5.04. The molecule has 1 saturated carbocycles. The summed E-state index contributed by atoms with van der Waals surface area (Å²) >= 11 is 0. The van der Waals surface area contributed by atoms with Crippen LogP contribution in [0.5, 0.6) is 5.75 Å². The maximum atomic E-state index is 13.3. The Morgan fingerprint density at radius 3 is 2.24 bits per heavy atom. The molecular weight excluding hydrogens is 777 g/mol. The Morgan fingerprint density at radius 2 is 1.61 bits per heavy atom. The molecule has 5 N–H and O–H groups in total. The number of methoxy groups -OCH3 is 1. The first-order valence-corrected chi connectivity index (χ1v) is 23.0. The number of aliphatic hydroxyl groups excluding tert-OH is 2.